The Morgan fingerprint density at radius 3 is 2.51 bits per heavy atom. The van der Waals surface area contributed by atoms with Gasteiger partial charge in [0, 0.05) is 68.6 Å². The Balaban J connectivity index is 1.61. The zero-order valence-electron chi connectivity index (χ0n) is 22.0. The fraction of sp³-hybridized carbons (Fsp3) is 0.536. The number of hydrogen-bond donors (Lipinski definition) is 2. The van der Waals surface area contributed by atoms with Gasteiger partial charge in [-0.2, -0.15) is 4.31 Å². The van der Waals surface area contributed by atoms with Gasteiger partial charge in [-0.05, 0) is 79.1 Å². The monoisotopic (exact) mass is 530 g/mol. The highest BCUT2D eigenvalue weighted by molar-refractivity contribution is 7.89. The van der Waals surface area contributed by atoms with Gasteiger partial charge >= 0.3 is 0 Å². The number of nitrogens with zero attached hydrogens (tertiary/aromatic N) is 2. The molecule has 4 rings (SSSR count). The highest BCUT2D eigenvalue weighted by Crippen LogP contribution is 2.34. The van der Waals surface area contributed by atoms with Crippen LogP contribution in [0.25, 0.3) is 0 Å². The largest absolute Gasteiger partial charge is 0.381 e. The van der Waals surface area contributed by atoms with Crippen LogP contribution in [-0.2, 0) is 14.8 Å². The second kappa shape index (κ2) is 12.0. The Kier molecular flexibility index (Phi) is 9.00. The fourth-order valence-corrected chi connectivity index (χ4v) is 7.23. The van der Waals surface area contributed by atoms with E-state index in [2.05, 4.69) is 24.1 Å². The summed E-state index contributed by atoms with van der Waals surface area (Å²) in [4.78, 5) is 2.38. The molecule has 2 aliphatic heterocycles. The third-order valence-corrected chi connectivity index (χ3v) is 9.32. The van der Waals surface area contributed by atoms with Crippen molar-refractivity contribution in [3.05, 3.63) is 58.9 Å². The second-order valence-corrected chi connectivity index (χ2v) is 12.7. The predicted octanol–water partition coefficient (Wildman–Crippen LogP) is 4.95. The van der Waals surface area contributed by atoms with Crippen molar-refractivity contribution in [2.24, 2.45) is 11.8 Å². The molecule has 0 saturated carbocycles. The highest BCUT2D eigenvalue weighted by Gasteiger charge is 2.36. The summed E-state index contributed by atoms with van der Waals surface area (Å²) in [6.45, 7) is 10.1. The van der Waals surface area contributed by atoms with E-state index in [0.717, 1.165) is 41.9 Å². The van der Waals surface area contributed by atoms with Gasteiger partial charge in [0.25, 0.3) is 0 Å². The average molecular weight is 531 g/mol. The zero-order chi connectivity index (χ0) is 26.6. The van der Waals surface area contributed by atoms with Crippen molar-refractivity contribution in [2.45, 2.75) is 39.7 Å². The molecule has 0 aliphatic carbocycles. The van der Waals surface area contributed by atoms with Crippen LogP contribution < -0.4 is 5.32 Å². The van der Waals surface area contributed by atoms with E-state index < -0.39 is 10.0 Å². The quantitative estimate of drug-likeness (QED) is 0.448. The van der Waals surface area contributed by atoms with E-state index in [9.17, 15) is 12.8 Å². The summed E-state index contributed by atoms with van der Waals surface area (Å²) in [5, 5.41) is 11.4. The summed E-state index contributed by atoms with van der Waals surface area (Å²) in [5.41, 5.74) is 4.27. The summed E-state index contributed by atoms with van der Waals surface area (Å²) >= 11 is 0. The van der Waals surface area contributed by atoms with Crippen LogP contribution in [0.3, 0.4) is 0 Å². The molecule has 2 aromatic carbocycles. The normalized spacial score (nSPS) is 20.3. The molecule has 9 heteroatoms. The maximum absolute atomic E-state index is 13.4. The smallest absolute Gasteiger partial charge is 0.214 e. The van der Waals surface area contributed by atoms with Crippen LogP contribution in [0, 0.1) is 30.0 Å². The average Bonchev–Trinajstić information content (AvgIpc) is 2.86. The second-order valence-electron chi connectivity index (χ2n) is 10.7. The van der Waals surface area contributed by atoms with Gasteiger partial charge < -0.3 is 15.5 Å². The molecule has 2 fully saturated rings. The van der Waals surface area contributed by atoms with Gasteiger partial charge in [-0.3, -0.25) is 4.90 Å². The molecule has 7 nitrogen and oxygen atoms in total. The summed E-state index contributed by atoms with van der Waals surface area (Å²) < 4.78 is 47.3. The van der Waals surface area contributed by atoms with Gasteiger partial charge in [0.05, 0.1) is 5.75 Å². The predicted molar refractivity (Wildman–Crippen MR) is 147 cm³/mol. The van der Waals surface area contributed by atoms with Gasteiger partial charge in [-0.1, -0.05) is 13.8 Å². The number of halogens is 1. The van der Waals surface area contributed by atoms with E-state index in [1.54, 1.807) is 16.4 Å². The Hall–Kier alpha value is -2.33. The number of ether oxygens (including phenoxy) is 1. The van der Waals surface area contributed by atoms with Crippen molar-refractivity contribution >= 4 is 27.6 Å². The first-order chi connectivity index (χ1) is 17.7. The highest BCUT2D eigenvalue weighted by atomic mass is 32.2. The van der Waals surface area contributed by atoms with Crippen LogP contribution in [0.4, 0.5) is 15.8 Å². The van der Waals surface area contributed by atoms with Crippen molar-refractivity contribution in [1.29, 1.82) is 5.41 Å². The minimum Gasteiger partial charge on any atom is -0.381 e. The molecule has 37 heavy (non-hydrogen) atoms. The van der Waals surface area contributed by atoms with Crippen LogP contribution in [0.15, 0.2) is 36.4 Å². The fourth-order valence-electron chi connectivity index (χ4n) is 5.36. The molecule has 2 heterocycles. The standard InChI is InChI=1S/C28H39FN4O3S/c1-20(2)17-32-10-11-33(37(34,35)19-22-8-12-36-13-9-22)18-28(32)26-15-23(16-30)27(14-21(26)3)31-25-6-4-24(29)5-7-25/h4-7,14-16,20,22,28,30-31H,8-13,17-19H2,1-3H3/t28-/m0/s1. The molecule has 0 spiro atoms. The van der Waals surface area contributed by atoms with Crippen molar-refractivity contribution in [3.8, 4) is 0 Å². The van der Waals surface area contributed by atoms with Gasteiger partial charge in [0.2, 0.25) is 10.0 Å². The van der Waals surface area contributed by atoms with E-state index in [1.807, 2.05) is 19.1 Å². The number of aryl methyl sites for hydroxylation is 1. The maximum Gasteiger partial charge on any atom is 0.214 e. The third kappa shape index (κ3) is 6.96. The molecule has 0 radical (unpaired) electrons. The van der Waals surface area contributed by atoms with E-state index in [1.165, 1.54) is 18.3 Å². The molecule has 2 N–H and O–H groups in total. The summed E-state index contributed by atoms with van der Waals surface area (Å²) in [5.74, 6) is 0.463. The van der Waals surface area contributed by atoms with Crippen LogP contribution in [0.5, 0.6) is 0 Å². The molecular weight excluding hydrogens is 491 g/mol. The van der Waals surface area contributed by atoms with Gasteiger partial charge in [0.1, 0.15) is 5.82 Å². The first kappa shape index (κ1) is 27.7. The Morgan fingerprint density at radius 1 is 1.16 bits per heavy atom. The van der Waals surface area contributed by atoms with E-state index in [0.29, 0.717) is 44.3 Å². The Bertz CT molecular complexity index is 1180. The molecule has 2 aromatic rings. The van der Waals surface area contributed by atoms with Crippen molar-refractivity contribution in [3.63, 3.8) is 0 Å². The topological polar surface area (TPSA) is 85.7 Å². The number of hydrogen-bond acceptors (Lipinski definition) is 6. The molecule has 0 aromatic heterocycles. The molecule has 0 amide bonds. The summed E-state index contributed by atoms with van der Waals surface area (Å²) in [7, 11) is -3.39. The minimum atomic E-state index is -3.39. The van der Waals surface area contributed by atoms with Gasteiger partial charge in [-0.15, -0.1) is 0 Å². The summed E-state index contributed by atoms with van der Waals surface area (Å²) in [6.07, 6.45) is 2.89. The maximum atomic E-state index is 13.4. The summed E-state index contributed by atoms with van der Waals surface area (Å²) in [6, 6.07) is 10.0. The lowest BCUT2D eigenvalue weighted by Crippen LogP contribution is -2.52. The molecular formula is C28H39FN4O3S. The van der Waals surface area contributed by atoms with Crippen molar-refractivity contribution in [1.82, 2.24) is 9.21 Å². The number of piperazine rings is 1. The van der Waals surface area contributed by atoms with Gasteiger partial charge in [0.15, 0.2) is 0 Å². The molecule has 1 atom stereocenters. The number of sulfonamides is 1. The number of nitrogens with one attached hydrogen (secondary N) is 2. The molecule has 0 bridgehead atoms. The van der Waals surface area contributed by atoms with Crippen molar-refractivity contribution < 1.29 is 17.5 Å². The van der Waals surface area contributed by atoms with Gasteiger partial charge in [-0.25, -0.2) is 12.8 Å². The number of anilines is 2. The first-order valence-electron chi connectivity index (χ1n) is 13.1. The number of benzene rings is 2. The lowest BCUT2D eigenvalue weighted by Gasteiger charge is -2.43. The Morgan fingerprint density at radius 2 is 1.86 bits per heavy atom. The molecule has 202 valence electrons. The molecule has 2 aliphatic rings. The van der Waals surface area contributed by atoms with E-state index in [4.69, 9.17) is 10.1 Å². The molecule has 0 unspecified atom stereocenters. The third-order valence-electron chi connectivity index (χ3n) is 7.31. The number of rotatable bonds is 9. The van der Waals surface area contributed by atoms with Crippen LogP contribution in [0.1, 0.15) is 49.4 Å². The minimum absolute atomic E-state index is 0.0980. The van der Waals surface area contributed by atoms with E-state index in [-0.39, 0.29) is 23.5 Å². The van der Waals surface area contributed by atoms with Crippen LogP contribution in [0.2, 0.25) is 0 Å². The van der Waals surface area contributed by atoms with Crippen LogP contribution >= 0.6 is 0 Å². The van der Waals surface area contributed by atoms with Crippen molar-refractivity contribution in [2.75, 3.05) is 50.5 Å². The molecule has 2 saturated heterocycles. The SMILES string of the molecule is Cc1cc(Nc2ccc(F)cc2)c(C=N)cc1[C@@H]1CN(S(=O)(=O)CC2CCOCC2)CCN1CC(C)C. The zero-order valence-corrected chi connectivity index (χ0v) is 22.9. The lowest BCUT2D eigenvalue weighted by atomic mass is 9.94. The lowest BCUT2D eigenvalue weighted by molar-refractivity contribution is 0.0712. The first-order valence-corrected chi connectivity index (χ1v) is 14.7. The Labute approximate surface area is 220 Å². The van der Waals surface area contributed by atoms with Crippen LogP contribution in [-0.4, -0.2) is 69.0 Å². The van der Waals surface area contributed by atoms with E-state index >= 15 is 0 Å².